The number of aromatic amines is 1. The maximum absolute atomic E-state index is 11.1. The van der Waals surface area contributed by atoms with Gasteiger partial charge in [-0.2, -0.15) is 5.10 Å². The van der Waals surface area contributed by atoms with Gasteiger partial charge in [-0.1, -0.05) is 0 Å². The largest absolute Gasteiger partial charge is 0.298 e. The summed E-state index contributed by atoms with van der Waals surface area (Å²) in [5, 5.41) is 7.20. The summed E-state index contributed by atoms with van der Waals surface area (Å²) in [4.78, 5) is 15.2. The lowest BCUT2D eigenvalue weighted by Crippen LogP contribution is -1.89. The van der Waals surface area contributed by atoms with Crippen LogP contribution in [0.3, 0.4) is 0 Å². The SMILES string of the molecule is O=Cc1c(-c2cccnc2)n[nH]c1C1CC1. The normalized spacial score (nSPS) is 15.0. The van der Waals surface area contributed by atoms with Crippen LogP contribution in [-0.4, -0.2) is 21.5 Å². The summed E-state index contributed by atoms with van der Waals surface area (Å²) in [6.45, 7) is 0. The van der Waals surface area contributed by atoms with Crippen LogP contribution < -0.4 is 0 Å². The van der Waals surface area contributed by atoms with Crippen LogP contribution in [0.25, 0.3) is 11.3 Å². The summed E-state index contributed by atoms with van der Waals surface area (Å²) in [5.41, 5.74) is 3.27. The fraction of sp³-hybridized carbons (Fsp3) is 0.250. The molecule has 1 fully saturated rings. The molecule has 4 heteroatoms. The number of H-pyrrole nitrogens is 1. The molecule has 0 atom stereocenters. The Kier molecular flexibility index (Phi) is 2.06. The van der Waals surface area contributed by atoms with Crippen molar-refractivity contribution in [1.29, 1.82) is 0 Å². The highest BCUT2D eigenvalue weighted by molar-refractivity contribution is 5.87. The maximum atomic E-state index is 11.1. The molecule has 4 nitrogen and oxygen atoms in total. The molecule has 0 aromatic carbocycles. The van der Waals surface area contributed by atoms with Gasteiger partial charge in [-0.25, -0.2) is 0 Å². The van der Waals surface area contributed by atoms with Crippen LogP contribution >= 0.6 is 0 Å². The number of hydrogen-bond donors (Lipinski definition) is 1. The predicted molar refractivity (Wildman–Crippen MR) is 59.2 cm³/mol. The predicted octanol–water partition coefficient (Wildman–Crippen LogP) is 2.16. The van der Waals surface area contributed by atoms with Crippen molar-refractivity contribution >= 4 is 6.29 Å². The molecule has 2 aromatic rings. The number of pyridine rings is 1. The Bertz CT molecular complexity index is 514. The standard InChI is InChI=1S/C12H11N3O/c16-7-10-11(8-3-4-8)14-15-12(10)9-2-1-5-13-6-9/h1-2,5-8H,3-4H2,(H,14,15). The lowest BCUT2D eigenvalue weighted by atomic mass is 10.1. The monoisotopic (exact) mass is 213 g/mol. The summed E-state index contributed by atoms with van der Waals surface area (Å²) >= 11 is 0. The van der Waals surface area contributed by atoms with E-state index < -0.39 is 0 Å². The fourth-order valence-corrected chi connectivity index (χ4v) is 1.89. The molecule has 16 heavy (non-hydrogen) atoms. The van der Waals surface area contributed by atoms with Crippen molar-refractivity contribution in [2.24, 2.45) is 0 Å². The first-order chi connectivity index (χ1) is 7.90. The highest BCUT2D eigenvalue weighted by Crippen LogP contribution is 2.41. The number of aromatic nitrogens is 3. The van der Waals surface area contributed by atoms with Crippen molar-refractivity contribution in [3.8, 4) is 11.3 Å². The van der Waals surface area contributed by atoms with Crippen LogP contribution in [0.2, 0.25) is 0 Å². The molecule has 0 unspecified atom stereocenters. The summed E-state index contributed by atoms with van der Waals surface area (Å²) in [6.07, 6.45) is 6.61. The third-order valence-corrected chi connectivity index (χ3v) is 2.87. The first-order valence-corrected chi connectivity index (χ1v) is 5.34. The number of carbonyl (C=O) groups excluding carboxylic acids is 1. The average molecular weight is 213 g/mol. The highest BCUT2D eigenvalue weighted by atomic mass is 16.1. The molecule has 1 N–H and O–H groups in total. The summed E-state index contributed by atoms with van der Waals surface area (Å²) in [6, 6.07) is 3.75. The molecule has 2 aromatic heterocycles. The molecule has 1 aliphatic rings. The molecule has 1 aliphatic carbocycles. The molecule has 2 heterocycles. The first-order valence-electron chi connectivity index (χ1n) is 5.34. The summed E-state index contributed by atoms with van der Waals surface area (Å²) < 4.78 is 0. The van der Waals surface area contributed by atoms with Crippen molar-refractivity contribution in [3.63, 3.8) is 0 Å². The molecule has 0 saturated heterocycles. The van der Waals surface area contributed by atoms with Crippen molar-refractivity contribution in [2.75, 3.05) is 0 Å². The Morgan fingerprint density at radius 1 is 1.44 bits per heavy atom. The van der Waals surface area contributed by atoms with Crippen molar-refractivity contribution in [2.45, 2.75) is 18.8 Å². The van der Waals surface area contributed by atoms with Gasteiger partial charge in [0.1, 0.15) is 5.69 Å². The Morgan fingerprint density at radius 2 is 2.31 bits per heavy atom. The quantitative estimate of drug-likeness (QED) is 0.795. The molecule has 0 spiro atoms. The second kappa shape index (κ2) is 3.56. The molecule has 0 aliphatic heterocycles. The fourth-order valence-electron chi connectivity index (χ4n) is 1.89. The van der Waals surface area contributed by atoms with Gasteiger partial charge < -0.3 is 0 Å². The number of carbonyl (C=O) groups is 1. The van der Waals surface area contributed by atoms with Crippen LogP contribution in [0.5, 0.6) is 0 Å². The lowest BCUT2D eigenvalue weighted by Gasteiger charge is -1.97. The van der Waals surface area contributed by atoms with E-state index in [4.69, 9.17) is 0 Å². The van der Waals surface area contributed by atoms with E-state index in [9.17, 15) is 4.79 Å². The Morgan fingerprint density at radius 3 is 2.94 bits per heavy atom. The van der Waals surface area contributed by atoms with Crippen LogP contribution in [0.15, 0.2) is 24.5 Å². The third-order valence-electron chi connectivity index (χ3n) is 2.87. The Hall–Kier alpha value is -1.97. The van der Waals surface area contributed by atoms with Crippen LogP contribution in [0.4, 0.5) is 0 Å². The van der Waals surface area contributed by atoms with E-state index in [2.05, 4.69) is 15.2 Å². The Labute approximate surface area is 92.7 Å². The van der Waals surface area contributed by atoms with Gasteiger partial charge in [-0.15, -0.1) is 0 Å². The molecule has 1 saturated carbocycles. The van der Waals surface area contributed by atoms with Crippen molar-refractivity contribution in [1.82, 2.24) is 15.2 Å². The maximum Gasteiger partial charge on any atom is 0.154 e. The van der Waals surface area contributed by atoms with Crippen molar-refractivity contribution < 1.29 is 4.79 Å². The minimum atomic E-state index is 0.498. The van der Waals surface area contributed by atoms with E-state index in [0.717, 1.165) is 30.4 Å². The zero-order valence-electron chi connectivity index (χ0n) is 8.68. The number of aldehydes is 1. The zero-order chi connectivity index (χ0) is 11.0. The van der Waals surface area contributed by atoms with Gasteiger partial charge in [0.2, 0.25) is 0 Å². The topological polar surface area (TPSA) is 58.6 Å². The molecule has 0 radical (unpaired) electrons. The van der Waals surface area contributed by atoms with E-state index in [1.165, 1.54) is 0 Å². The zero-order valence-corrected chi connectivity index (χ0v) is 8.68. The second-order valence-corrected chi connectivity index (χ2v) is 4.03. The van der Waals surface area contributed by atoms with Gasteiger partial charge in [-0.05, 0) is 25.0 Å². The molecular weight excluding hydrogens is 202 g/mol. The molecule has 3 rings (SSSR count). The van der Waals surface area contributed by atoms with E-state index in [0.29, 0.717) is 17.2 Å². The van der Waals surface area contributed by atoms with Gasteiger partial charge in [-0.3, -0.25) is 14.9 Å². The highest BCUT2D eigenvalue weighted by Gasteiger charge is 2.29. The molecule has 80 valence electrons. The van der Waals surface area contributed by atoms with Crippen LogP contribution in [-0.2, 0) is 0 Å². The Balaban J connectivity index is 2.10. The average Bonchev–Trinajstić information content (AvgIpc) is 3.09. The number of nitrogens with zero attached hydrogens (tertiary/aromatic N) is 2. The summed E-state index contributed by atoms with van der Waals surface area (Å²) in [5.74, 6) is 0.498. The van der Waals surface area contributed by atoms with E-state index in [1.807, 2.05) is 12.1 Å². The summed E-state index contributed by atoms with van der Waals surface area (Å²) in [7, 11) is 0. The van der Waals surface area contributed by atoms with E-state index in [1.54, 1.807) is 12.4 Å². The number of hydrogen-bond acceptors (Lipinski definition) is 3. The van der Waals surface area contributed by atoms with Gasteiger partial charge in [0, 0.05) is 29.6 Å². The third kappa shape index (κ3) is 1.43. The van der Waals surface area contributed by atoms with E-state index >= 15 is 0 Å². The number of nitrogens with one attached hydrogen (secondary N) is 1. The number of rotatable bonds is 3. The van der Waals surface area contributed by atoms with Gasteiger partial charge in [0.05, 0.1) is 5.56 Å². The van der Waals surface area contributed by atoms with Crippen LogP contribution in [0.1, 0.15) is 34.8 Å². The van der Waals surface area contributed by atoms with E-state index in [-0.39, 0.29) is 0 Å². The molecular formula is C12H11N3O. The smallest absolute Gasteiger partial charge is 0.154 e. The molecule has 0 bridgehead atoms. The lowest BCUT2D eigenvalue weighted by molar-refractivity contribution is 0.112. The minimum absolute atomic E-state index is 0.498. The van der Waals surface area contributed by atoms with Gasteiger partial charge in [0.15, 0.2) is 6.29 Å². The van der Waals surface area contributed by atoms with Crippen molar-refractivity contribution in [3.05, 3.63) is 35.8 Å². The van der Waals surface area contributed by atoms with Crippen LogP contribution in [0, 0.1) is 0 Å². The molecule has 0 amide bonds. The van der Waals surface area contributed by atoms with Gasteiger partial charge in [0.25, 0.3) is 0 Å². The van der Waals surface area contributed by atoms with Gasteiger partial charge >= 0.3 is 0 Å². The second-order valence-electron chi connectivity index (χ2n) is 4.03. The minimum Gasteiger partial charge on any atom is -0.298 e. The first kappa shape index (κ1) is 9.27.